The minimum absolute atomic E-state index is 0.00625. The summed E-state index contributed by atoms with van der Waals surface area (Å²) in [5, 5.41) is 10.5. The summed E-state index contributed by atoms with van der Waals surface area (Å²) in [5.41, 5.74) is -2.57. The molecule has 0 spiro atoms. The van der Waals surface area contributed by atoms with Crippen LogP contribution < -0.4 is 0 Å². The Bertz CT molecular complexity index is 446. The van der Waals surface area contributed by atoms with Crippen LogP contribution in [0.2, 0.25) is 0 Å². The topological polar surface area (TPSA) is 46.5 Å². The fraction of sp³-hybridized carbons (Fsp3) is 0.533. The van der Waals surface area contributed by atoms with Crippen LogP contribution in [-0.4, -0.2) is 23.6 Å². The monoisotopic (exact) mass is 286 g/mol. The summed E-state index contributed by atoms with van der Waals surface area (Å²) in [7, 11) is 0. The van der Waals surface area contributed by atoms with Gasteiger partial charge in [-0.25, -0.2) is 4.79 Å². The van der Waals surface area contributed by atoms with E-state index in [9.17, 15) is 18.7 Å². The number of benzene rings is 1. The lowest BCUT2D eigenvalue weighted by Gasteiger charge is -2.35. The van der Waals surface area contributed by atoms with Crippen LogP contribution in [0, 0.1) is 5.92 Å². The number of esters is 1. The van der Waals surface area contributed by atoms with Crippen molar-refractivity contribution in [3.63, 3.8) is 0 Å². The van der Waals surface area contributed by atoms with Crippen LogP contribution in [0.5, 0.6) is 0 Å². The van der Waals surface area contributed by atoms with Gasteiger partial charge in [-0.15, -0.1) is 0 Å². The van der Waals surface area contributed by atoms with Gasteiger partial charge in [0.05, 0.1) is 6.61 Å². The third-order valence-electron chi connectivity index (χ3n) is 3.01. The summed E-state index contributed by atoms with van der Waals surface area (Å²) in [6.45, 7) is 4.68. The number of carbonyl (C=O) groups is 1. The molecule has 1 rings (SSSR count). The number of aliphatic hydroxyl groups is 1. The molecular weight excluding hydrogens is 266 g/mol. The fourth-order valence-corrected chi connectivity index (χ4v) is 2.12. The molecule has 0 amide bonds. The number of hydrogen-bond acceptors (Lipinski definition) is 3. The standard InChI is InChI=1S/C15H20F2O3/c1-4-20-13(18)15(16,17)14(19,10-11(2)3)12-8-6-5-7-9-12/h5-9,11,19H,4,10H2,1-3H3. The summed E-state index contributed by atoms with van der Waals surface area (Å²) < 4.78 is 33.2. The van der Waals surface area contributed by atoms with E-state index in [1.54, 1.807) is 32.0 Å². The summed E-state index contributed by atoms with van der Waals surface area (Å²) in [4.78, 5) is 11.5. The molecule has 0 radical (unpaired) electrons. The predicted molar refractivity (Wildman–Crippen MR) is 71.4 cm³/mol. The van der Waals surface area contributed by atoms with Gasteiger partial charge >= 0.3 is 11.9 Å². The van der Waals surface area contributed by atoms with E-state index in [0.717, 1.165) is 0 Å². The fourth-order valence-electron chi connectivity index (χ4n) is 2.12. The molecule has 20 heavy (non-hydrogen) atoms. The van der Waals surface area contributed by atoms with Crippen LogP contribution in [0.4, 0.5) is 8.78 Å². The van der Waals surface area contributed by atoms with Gasteiger partial charge in [-0.3, -0.25) is 0 Å². The van der Waals surface area contributed by atoms with Crippen LogP contribution >= 0.6 is 0 Å². The Morgan fingerprint density at radius 2 is 1.85 bits per heavy atom. The number of hydrogen-bond donors (Lipinski definition) is 1. The molecule has 0 heterocycles. The normalized spacial score (nSPS) is 14.9. The molecule has 1 atom stereocenters. The van der Waals surface area contributed by atoms with Gasteiger partial charge in [0.1, 0.15) is 0 Å². The highest BCUT2D eigenvalue weighted by atomic mass is 19.3. The summed E-state index contributed by atoms with van der Waals surface area (Å²) in [5.74, 6) is -5.93. The Labute approximate surface area is 117 Å². The van der Waals surface area contributed by atoms with Crippen LogP contribution in [0.15, 0.2) is 30.3 Å². The van der Waals surface area contributed by atoms with Crippen molar-refractivity contribution >= 4 is 5.97 Å². The van der Waals surface area contributed by atoms with Crippen molar-refractivity contribution in [2.24, 2.45) is 5.92 Å². The van der Waals surface area contributed by atoms with Crippen LogP contribution in [0.3, 0.4) is 0 Å². The Hall–Kier alpha value is -1.49. The highest BCUT2D eigenvalue weighted by Crippen LogP contribution is 2.43. The van der Waals surface area contributed by atoms with E-state index in [1.165, 1.54) is 19.1 Å². The molecular formula is C15H20F2O3. The largest absolute Gasteiger partial charge is 0.461 e. The summed E-state index contributed by atoms with van der Waals surface area (Å²) >= 11 is 0. The SMILES string of the molecule is CCOC(=O)C(F)(F)C(O)(CC(C)C)c1ccccc1. The number of halogens is 2. The number of rotatable bonds is 6. The Kier molecular flexibility index (Phi) is 5.22. The highest BCUT2D eigenvalue weighted by molar-refractivity contribution is 5.79. The second-order valence-electron chi connectivity index (χ2n) is 5.12. The highest BCUT2D eigenvalue weighted by Gasteiger charge is 2.60. The first-order chi connectivity index (χ1) is 9.25. The van der Waals surface area contributed by atoms with Crippen molar-refractivity contribution in [1.82, 2.24) is 0 Å². The lowest BCUT2D eigenvalue weighted by atomic mass is 9.80. The average molecular weight is 286 g/mol. The Morgan fingerprint density at radius 1 is 1.30 bits per heavy atom. The van der Waals surface area contributed by atoms with E-state index in [4.69, 9.17) is 0 Å². The van der Waals surface area contributed by atoms with E-state index >= 15 is 0 Å². The molecule has 1 N–H and O–H groups in total. The van der Waals surface area contributed by atoms with Crippen molar-refractivity contribution in [3.05, 3.63) is 35.9 Å². The van der Waals surface area contributed by atoms with Crippen molar-refractivity contribution in [1.29, 1.82) is 0 Å². The quantitative estimate of drug-likeness (QED) is 0.817. The molecule has 1 aromatic carbocycles. The van der Waals surface area contributed by atoms with Gasteiger partial charge in [0.25, 0.3) is 0 Å². The van der Waals surface area contributed by atoms with E-state index in [0.29, 0.717) is 0 Å². The minimum atomic E-state index is -4.01. The maximum atomic E-state index is 14.4. The molecule has 3 nitrogen and oxygen atoms in total. The van der Waals surface area contributed by atoms with Gasteiger partial charge in [0.2, 0.25) is 0 Å². The molecule has 0 saturated heterocycles. The number of carbonyl (C=O) groups excluding carboxylic acids is 1. The Morgan fingerprint density at radius 3 is 2.30 bits per heavy atom. The zero-order chi connectivity index (χ0) is 15.4. The zero-order valence-electron chi connectivity index (χ0n) is 11.9. The molecule has 0 saturated carbocycles. The molecule has 5 heteroatoms. The smallest absolute Gasteiger partial charge is 0.380 e. The van der Waals surface area contributed by atoms with Crippen molar-refractivity contribution in [3.8, 4) is 0 Å². The van der Waals surface area contributed by atoms with Crippen LogP contribution in [0.1, 0.15) is 32.8 Å². The van der Waals surface area contributed by atoms with Crippen molar-refractivity contribution < 1.29 is 23.4 Å². The molecule has 0 aliphatic rings. The van der Waals surface area contributed by atoms with Gasteiger partial charge in [0.15, 0.2) is 5.60 Å². The first-order valence-corrected chi connectivity index (χ1v) is 6.58. The second-order valence-corrected chi connectivity index (χ2v) is 5.12. The first kappa shape index (κ1) is 16.6. The van der Waals surface area contributed by atoms with Gasteiger partial charge in [-0.05, 0) is 24.8 Å². The van der Waals surface area contributed by atoms with E-state index in [2.05, 4.69) is 4.74 Å². The molecule has 0 aromatic heterocycles. The maximum absolute atomic E-state index is 14.4. The minimum Gasteiger partial charge on any atom is -0.461 e. The predicted octanol–water partition coefficient (Wildman–Crippen LogP) is 3.12. The lowest BCUT2D eigenvalue weighted by Crippen LogP contribution is -2.52. The molecule has 0 fully saturated rings. The second kappa shape index (κ2) is 6.31. The van der Waals surface area contributed by atoms with Crippen LogP contribution in [-0.2, 0) is 15.1 Å². The molecule has 0 bridgehead atoms. The van der Waals surface area contributed by atoms with Crippen molar-refractivity contribution in [2.75, 3.05) is 6.61 Å². The zero-order valence-corrected chi connectivity index (χ0v) is 11.9. The third-order valence-corrected chi connectivity index (χ3v) is 3.01. The van der Waals surface area contributed by atoms with Gasteiger partial charge in [-0.1, -0.05) is 44.2 Å². The summed E-state index contributed by atoms with van der Waals surface area (Å²) in [6, 6.07) is 7.51. The average Bonchev–Trinajstić information content (AvgIpc) is 2.39. The van der Waals surface area contributed by atoms with Crippen LogP contribution in [0.25, 0.3) is 0 Å². The van der Waals surface area contributed by atoms with Crippen molar-refractivity contribution in [2.45, 2.75) is 38.7 Å². The molecule has 1 unspecified atom stereocenters. The molecule has 0 aliphatic carbocycles. The lowest BCUT2D eigenvalue weighted by molar-refractivity contribution is -0.221. The maximum Gasteiger partial charge on any atom is 0.380 e. The van der Waals surface area contributed by atoms with Gasteiger partial charge in [0, 0.05) is 0 Å². The Balaban J connectivity index is 3.27. The summed E-state index contributed by atoms with van der Waals surface area (Å²) in [6.07, 6.45) is -0.247. The van der Waals surface area contributed by atoms with E-state index in [-0.39, 0.29) is 24.5 Å². The molecule has 1 aromatic rings. The van der Waals surface area contributed by atoms with E-state index < -0.39 is 17.5 Å². The van der Waals surface area contributed by atoms with Gasteiger partial charge in [-0.2, -0.15) is 8.78 Å². The van der Waals surface area contributed by atoms with Gasteiger partial charge < -0.3 is 9.84 Å². The number of alkyl halides is 2. The first-order valence-electron chi connectivity index (χ1n) is 6.58. The molecule has 112 valence electrons. The number of ether oxygens (including phenoxy) is 1. The third kappa shape index (κ3) is 3.15. The molecule has 0 aliphatic heterocycles. The van der Waals surface area contributed by atoms with E-state index in [1.807, 2.05) is 0 Å².